The second-order valence-corrected chi connectivity index (χ2v) is 3.61. The van der Waals surface area contributed by atoms with Crippen LogP contribution in [0.25, 0.3) is 0 Å². The number of carbonyl (C=O) groups is 1. The monoisotopic (exact) mass is 228 g/mol. The van der Waals surface area contributed by atoms with Gasteiger partial charge in [0, 0.05) is 5.56 Å². The maximum absolute atomic E-state index is 11.5. The Bertz CT molecular complexity index is 338. The van der Waals surface area contributed by atoms with Crippen molar-refractivity contribution in [2.75, 3.05) is 13.2 Å². The van der Waals surface area contributed by atoms with Crippen LogP contribution in [0.4, 0.5) is 0 Å². The predicted octanol–water partition coefficient (Wildman–Crippen LogP) is -0.697. The SMILES string of the molecule is Cc1noc(C)c1CC(=O)NC(CO)CO. The fourth-order valence-electron chi connectivity index (χ4n) is 1.34. The molecule has 0 saturated carbocycles. The van der Waals surface area contributed by atoms with E-state index >= 15 is 0 Å². The molecule has 1 aromatic heterocycles. The van der Waals surface area contributed by atoms with E-state index in [9.17, 15) is 4.79 Å². The van der Waals surface area contributed by atoms with Crippen LogP contribution in [0, 0.1) is 13.8 Å². The van der Waals surface area contributed by atoms with Gasteiger partial charge in [0.25, 0.3) is 0 Å². The second-order valence-electron chi connectivity index (χ2n) is 3.61. The lowest BCUT2D eigenvalue weighted by Gasteiger charge is -2.12. The number of hydrogen-bond donors (Lipinski definition) is 3. The number of nitrogens with zero attached hydrogens (tertiary/aromatic N) is 1. The normalized spacial score (nSPS) is 10.8. The number of aliphatic hydroxyl groups excluding tert-OH is 2. The van der Waals surface area contributed by atoms with Gasteiger partial charge in [-0.3, -0.25) is 4.79 Å². The first-order chi connectivity index (χ1) is 7.58. The van der Waals surface area contributed by atoms with E-state index in [2.05, 4.69) is 10.5 Å². The molecule has 0 aliphatic rings. The molecule has 16 heavy (non-hydrogen) atoms. The molecule has 6 nitrogen and oxygen atoms in total. The number of carbonyl (C=O) groups excluding carboxylic acids is 1. The van der Waals surface area contributed by atoms with Gasteiger partial charge in [-0.2, -0.15) is 0 Å². The third-order valence-corrected chi connectivity index (χ3v) is 2.32. The summed E-state index contributed by atoms with van der Waals surface area (Å²) in [4.78, 5) is 11.5. The highest BCUT2D eigenvalue weighted by atomic mass is 16.5. The molecule has 0 aliphatic heterocycles. The van der Waals surface area contributed by atoms with E-state index in [-0.39, 0.29) is 25.5 Å². The van der Waals surface area contributed by atoms with E-state index in [1.807, 2.05) is 0 Å². The molecule has 0 spiro atoms. The number of rotatable bonds is 5. The zero-order chi connectivity index (χ0) is 12.1. The van der Waals surface area contributed by atoms with Crippen molar-refractivity contribution >= 4 is 5.91 Å². The summed E-state index contributed by atoms with van der Waals surface area (Å²) in [6.45, 7) is 2.92. The molecule has 1 heterocycles. The molecule has 0 atom stereocenters. The number of aliphatic hydroxyl groups is 2. The summed E-state index contributed by atoms with van der Waals surface area (Å²) in [6, 6.07) is -0.618. The smallest absolute Gasteiger partial charge is 0.225 e. The third kappa shape index (κ3) is 3.04. The summed E-state index contributed by atoms with van der Waals surface area (Å²) in [5.74, 6) is 0.333. The van der Waals surface area contributed by atoms with Crippen LogP contribution < -0.4 is 5.32 Å². The molecule has 1 amide bonds. The molecule has 6 heteroatoms. The Hall–Kier alpha value is -1.40. The molecule has 1 aromatic rings. The number of aromatic nitrogens is 1. The molecule has 0 aliphatic carbocycles. The van der Waals surface area contributed by atoms with Crippen LogP contribution in [0.1, 0.15) is 17.0 Å². The second kappa shape index (κ2) is 5.62. The van der Waals surface area contributed by atoms with E-state index in [0.717, 1.165) is 5.56 Å². The van der Waals surface area contributed by atoms with Crippen molar-refractivity contribution in [2.45, 2.75) is 26.3 Å². The molecule has 90 valence electrons. The number of nitrogens with one attached hydrogen (secondary N) is 1. The quantitative estimate of drug-likeness (QED) is 0.619. The van der Waals surface area contributed by atoms with E-state index in [1.165, 1.54) is 0 Å². The Morgan fingerprint density at radius 2 is 2.06 bits per heavy atom. The number of amides is 1. The summed E-state index contributed by atoms with van der Waals surface area (Å²) in [7, 11) is 0. The Balaban J connectivity index is 2.58. The molecule has 0 aromatic carbocycles. The van der Waals surface area contributed by atoms with Gasteiger partial charge in [-0.15, -0.1) is 0 Å². The Morgan fingerprint density at radius 1 is 1.44 bits per heavy atom. The largest absolute Gasteiger partial charge is 0.394 e. The Labute approximate surface area is 93.3 Å². The average Bonchev–Trinajstić information content (AvgIpc) is 2.57. The van der Waals surface area contributed by atoms with Gasteiger partial charge in [0.2, 0.25) is 5.91 Å². The molecule has 3 N–H and O–H groups in total. The molecule has 0 saturated heterocycles. The molecular formula is C10H16N2O4. The van der Waals surface area contributed by atoms with Gasteiger partial charge in [0.1, 0.15) is 5.76 Å². The van der Waals surface area contributed by atoms with Crippen LogP contribution in [0.2, 0.25) is 0 Å². The van der Waals surface area contributed by atoms with Gasteiger partial charge in [0.15, 0.2) is 0 Å². The topological polar surface area (TPSA) is 95.6 Å². The minimum absolute atomic E-state index is 0.137. The lowest BCUT2D eigenvalue weighted by atomic mass is 10.1. The van der Waals surface area contributed by atoms with Crippen LogP contribution >= 0.6 is 0 Å². The molecule has 0 unspecified atom stereocenters. The lowest BCUT2D eigenvalue weighted by Crippen LogP contribution is -2.40. The van der Waals surface area contributed by atoms with E-state index in [0.29, 0.717) is 11.5 Å². The van der Waals surface area contributed by atoms with Crippen LogP contribution in [-0.4, -0.2) is 40.5 Å². The maximum atomic E-state index is 11.5. The average molecular weight is 228 g/mol. The van der Waals surface area contributed by atoms with Gasteiger partial charge in [-0.25, -0.2) is 0 Å². The van der Waals surface area contributed by atoms with Gasteiger partial charge in [-0.1, -0.05) is 5.16 Å². The van der Waals surface area contributed by atoms with Crippen molar-refractivity contribution in [3.8, 4) is 0 Å². The Kier molecular flexibility index (Phi) is 4.45. The summed E-state index contributed by atoms with van der Waals surface area (Å²) >= 11 is 0. The highest BCUT2D eigenvalue weighted by molar-refractivity contribution is 5.79. The minimum atomic E-state index is -0.618. The third-order valence-electron chi connectivity index (χ3n) is 2.32. The predicted molar refractivity (Wildman–Crippen MR) is 55.8 cm³/mol. The molecule has 0 bridgehead atoms. The van der Waals surface area contributed by atoms with E-state index in [1.54, 1.807) is 13.8 Å². The Morgan fingerprint density at radius 3 is 2.50 bits per heavy atom. The van der Waals surface area contributed by atoms with Gasteiger partial charge in [0.05, 0.1) is 31.4 Å². The highest BCUT2D eigenvalue weighted by Crippen LogP contribution is 2.12. The minimum Gasteiger partial charge on any atom is -0.394 e. The summed E-state index contributed by atoms with van der Waals surface area (Å²) < 4.78 is 4.93. The van der Waals surface area contributed by atoms with Gasteiger partial charge < -0.3 is 20.1 Å². The van der Waals surface area contributed by atoms with Crippen molar-refractivity contribution in [1.82, 2.24) is 10.5 Å². The zero-order valence-electron chi connectivity index (χ0n) is 9.36. The maximum Gasteiger partial charge on any atom is 0.225 e. The molecular weight excluding hydrogens is 212 g/mol. The highest BCUT2D eigenvalue weighted by Gasteiger charge is 2.15. The van der Waals surface area contributed by atoms with Crippen LogP contribution in [0.15, 0.2) is 4.52 Å². The standard InChI is InChI=1S/C10H16N2O4/c1-6-9(7(2)16-12-6)3-10(15)11-8(4-13)5-14/h8,13-14H,3-5H2,1-2H3,(H,11,15). The van der Waals surface area contributed by atoms with Crippen molar-refractivity contribution in [3.05, 3.63) is 17.0 Å². The van der Waals surface area contributed by atoms with Crippen LogP contribution in [-0.2, 0) is 11.2 Å². The van der Waals surface area contributed by atoms with Gasteiger partial charge in [-0.05, 0) is 13.8 Å². The van der Waals surface area contributed by atoms with Crippen molar-refractivity contribution < 1.29 is 19.5 Å². The summed E-state index contributed by atoms with van der Waals surface area (Å²) in [5.41, 5.74) is 1.42. The van der Waals surface area contributed by atoms with Gasteiger partial charge >= 0.3 is 0 Å². The van der Waals surface area contributed by atoms with Crippen LogP contribution in [0.5, 0.6) is 0 Å². The fourth-order valence-corrected chi connectivity index (χ4v) is 1.34. The first-order valence-corrected chi connectivity index (χ1v) is 5.01. The molecule has 0 fully saturated rings. The first-order valence-electron chi connectivity index (χ1n) is 5.01. The van der Waals surface area contributed by atoms with E-state index < -0.39 is 6.04 Å². The number of hydrogen-bond acceptors (Lipinski definition) is 5. The number of aryl methyl sites for hydroxylation is 2. The van der Waals surface area contributed by atoms with Crippen molar-refractivity contribution in [3.63, 3.8) is 0 Å². The van der Waals surface area contributed by atoms with Crippen LogP contribution in [0.3, 0.4) is 0 Å². The van der Waals surface area contributed by atoms with E-state index in [4.69, 9.17) is 14.7 Å². The van der Waals surface area contributed by atoms with Crippen molar-refractivity contribution in [1.29, 1.82) is 0 Å². The first kappa shape index (κ1) is 12.7. The molecule has 0 radical (unpaired) electrons. The zero-order valence-corrected chi connectivity index (χ0v) is 9.36. The lowest BCUT2D eigenvalue weighted by molar-refractivity contribution is -0.121. The fraction of sp³-hybridized carbons (Fsp3) is 0.600. The molecule has 1 rings (SSSR count). The summed E-state index contributed by atoms with van der Waals surface area (Å²) in [5, 5.41) is 23.8. The van der Waals surface area contributed by atoms with Crippen molar-refractivity contribution in [2.24, 2.45) is 0 Å². The summed E-state index contributed by atoms with van der Waals surface area (Å²) in [6.07, 6.45) is 0.137.